The van der Waals surface area contributed by atoms with Crippen LogP contribution >= 0.6 is 11.3 Å². The molecular formula is C46H30N2S. The van der Waals surface area contributed by atoms with Gasteiger partial charge in [-0.15, -0.1) is 11.3 Å². The van der Waals surface area contributed by atoms with Gasteiger partial charge in [0.25, 0.3) is 0 Å². The Balaban J connectivity index is 1.21. The van der Waals surface area contributed by atoms with E-state index in [9.17, 15) is 0 Å². The zero-order chi connectivity index (χ0) is 32.3. The van der Waals surface area contributed by atoms with Crippen molar-refractivity contribution in [3.8, 4) is 16.8 Å². The lowest BCUT2D eigenvalue weighted by Gasteiger charge is -2.25. The highest BCUT2D eigenvalue weighted by atomic mass is 32.1. The Hall–Kier alpha value is -6.16. The van der Waals surface area contributed by atoms with E-state index in [1.54, 1.807) is 0 Å². The van der Waals surface area contributed by atoms with Crippen LogP contribution in [0.3, 0.4) is 0 Å². The van der Waals surface area contributed by atoms with Gasteiger partial charge in [0.2, 0.25) is 0 Å². The van der Waals surface area contributed by atoms with Crippen molar-refractivity contribution in [2.75, 3.05) is 4.90 Å². The number of hydrogen-bond acceptors (Lipinski definition) is 2. The van der Waals surface area contributed by atoms with E-state index in [1.165, 1.54) is 69.4 Å². The lowest BCUT2D eigenvalue weighted by atomic mass is 9.91. The van der Waals surface area contributed by atoms with Crippen LogP contribution < -0.4 is 4.90 Å². The Kier molecular flexibility index (Phi) is 6.39. The third-order valence-corrected chi connectivity index (χ3v) is 10.9. The van der Waals surface area contributed by atoms with Crippen LogP contribution in [0.1, 0.15) is 0 Å². The summed E-state index contributed by atoms with van der Waals surface area (Å²) >= 11 is 1.88. The number of anilines is 3. The first-order valence-electron chi connectivity index (χ1n) is 16.7. The molecule has 0 amide bonds. The van der Waals surface area contributed by atoms with Crippen LogP contribution in [0.15, 0.2) is 182 Å². The fourth-order valence-electron chi connectivity index (χ4n) is 7.45. The summed E-state index contributed by atoms with van der Waals surface area (Å²) < 4.78 is 4.95. The van der Waals surface area contributed by atoms with Gasteiger partial charge in [-0.3, -0.25) is 0 Å². The fraction of sp³-hybridized carbons (Fsp3) is 0. The van der Waals surface area contributed by atoms with Crippen molar-refractivity contribution >= 4 is 81.0 Å². The summed E-state index contributed by atoms with van der Waals surface area (Å²) in [5, 5.41) is 8.96. The molecule has 0 aliphatic carbocycles. The topological polar surface area (TPSA) is 8.17 Å². The number of hydrogen-bond donors (Lipinski definition) is 0. The van der Waals surface area contributed by atoms with Gasteiger partial charge in [0.05, 0.1) is 5.52 Å². The van der Waals surface area contributed by atoms with Crippen molar-refractivity contribution in [2.45, 2.75) is 0 Å². The molecule has 49 heavy (non-hydrogen) atoms. The van der Waals surface area contributed by atoms with Crippen molar-refractivity contribution in [3.05, 3.63) is 182 Å². The zero-order valence-corrected chi connectivity index (χ0v) is 27.4. The van der Waals surface area contributed by atoms with Crippen molar-refractivity contribution in [2.24, 2.45) is 0 Å². The third kappa shape index (κ3) is 4.62. The molecular weight excluding hydrogens is 613 g/mol. The third-order valence-electron chi connectivity index (χ3n) is 9.76. The molecule has 0 aliphatic rings. The van der Waals surface area contributed by atoms with Gasteiger partial charge in [-0.1, -0.05) is 84.9 Å². The lowest BCUT2D eigenvalue weighted by molar-refractivity contribution is 1.13. The first kappa shape index (κ1) is 27.9. The lowest BCUT2D eigenvalue weighted by Crippen LogP contribution is -2.09. The number of nitrogens with zero attached hydrogens (tertiary/aromatic N) is 2. The van der Waals surface area contributed by atoms with Gasteiger partial charge in [0.15, 0.2) is 0 Å². The van der Waals surface area contributed by atoms with E-state index in [0.29, 0.717) is 0 Å². The van der Waals surface area contributed by atoms with Gasteiger partial charge >= 0.3 is 0 Å². The summed E-state index contributed by atoms with van der Waals surface area (Å²) in [6.45, 7) is 0. The highest BCUT2D eigenvalue weighted by Gasteiger charge is 2.17. The second kappa shape index (κ2) is 11.2. The average molecular weight is 643 g/mol. The fourth-order valence-corrected chi connectivity index (χ4v) is 8.57. The Morgan fingerprint density at radius 2 is 1.06 bits per heavy atom. The van der Waals surface area contributed by atoms with E-state index in [0.717, 1.165) is 17.1 Å². The summed E-state index contributed by atoms with van der Waals surface area (Å²) in [5.41, 5.74) is 8.24. The molecule has 0 saturated carbocycles. The predicted octanol–water partition coefficient (Wildman–Crippen LogP) is 13.4. The number of fused-ring (bicyclic) bond motifs is 7. The molecule has 8 aromatic carbocycles. The van der Waals surface area contributed by atoms with E-state index in [-0.39, 0.29) is 0 Å². The summed E-state index contributed by atoms with van der Waals surface area (Å²) in [5.74, 6) is 0. The molecule has 0 radical (unpaired) electrons. The molecule has 3 heteroatoms. The first-order chi connectivity index (χ1) is 24.3. The van der Waals surface area contributed by atoms with Crippen LogP contribution in [-0.2, 0) is 0 Å². The molecule has 0 bridgehead atoms. The number of thiophene rings is 1. The van der Waals surface area contributed by atoms with Gasteiger partial charge in [-0.05, 0) is 124 Å². The monoisotopic (exact) mass is 642 g/mol. The van der Waals surface area contributed by atoms with E-state index in [2.05, 4.69) is 192 Å². The molecule has 0 fully saturated rings. The average Bonchev–Trinajstić information content (AvgIpc) is 3.75. The molecule has 230 valence electrons. The minimum absolute atomic E-state index is 1.13. The number of rotatable bonds is 5. The van der Waals surface area contributed by atoms with Crippen LogP contribution in [0.4, 0.5) is 17.1 Å². The van der Waals surface area contributed by atoms with Crippen LogP contribution in [0.2, 0.25) is 0 Å². The standard InChI is InChI=1S/C46H30N2S/c1-4-12-34(13-5-1)47-25-24-32-26-33-27-39(31-20-22-37(23-21-31)48(35-14-6-2-7-15-35)36-16-8-3-9-17-36)41-28-43-38-18-10-11-19-45(38)49-46(43)30-42(41)40(33)29-44(32)47/h1-30H. The molecule has 0 spiro atoms. The minimum atomic E-state index is 1.13. The van der Waals surface area contributed by atoms with Gasteiger partial charge < -0.3 is 9.47 Å². The van der Waals surface area contributed by atoms with E-state index in [1.807, 2.05) is 11.3 Å². The molecule has 2 heterocycles. The maximum atomic E-state index is 2.44. The molecule has 0 unspecified atom stereocenters. The zero-order valence-electron chi connectivity index (χ0n) is 26.6. The number of benzene rings is 8. The van der Waals surface area contributed by atoms with Gasteiger partial charge in [0.1, 0.15) is 0 Å². The van der Waals surface area contributed by atoms with Crippen LogP contribution in [-0.4, -0.2) is 4.57 Å². The molecule has 10 rings (SSSR count). The Morgan fingerprint density at radius 1 is 0.408 bits per heavy atom. The largest absolute Gasteiger partial charge is 0.317 e. The Labute approximate surface area is 288 Å². The molecule has 2 aromatic heterocycles. The van der Waals surface area contributed by atoms with Gasteiger partial charge in [-0.25, -0.2) is 0 Å². The maximum absolute atomic E-state index is 2.44. The summed E-state index contributed by atoms with van der Waals surface area (Å²) in [4.78, 5) is 2.32. The van der Waals surface area contributed by atoms with E-state index >= 15 is 0 Å². The first-order valence-corrected chi connectivity index (χ1v) is 17.5. The van der Waals surface area contributed by atoms with Crippen LogP contribution in [0.25, 0.3) is 69.4 Å². The van der Waals surface area contributed by atoms with E-state index in [4.69, 9.17) is 0 Å². The van der Waals surface area contributed by atoms with Gasteiger partial charge in [-0.2, -0.15) is 0 Å². The molecule has 10 aromatic rings. The summed E-state index contributed by atoms with van der Waals surface area (Å²) in [6.07, 6.45) is 2.19. The summed E-state index contributed by atoms with van der Waals surface area (Å²) in [6, 6.07) is 64.0. The highest BCUT2D eigenvalue weighted by Crippen LogP contribution is 2.44. The number of aromatic nitrogens is 1. The SMILES string of the molecule is c1ccc(N(c2ccccc2)c2ccc(-c3cc4cc5ccn(-c6ccccc6)c5cc4c4cc5sc6ccccc6c5cc34)cc2)cc1. The van der Waals surface area contributed by atoms with Crippen LogP contribution in [0.5, 0.6) is 0 Å². The van der Waals surface area contributed by atoms with Crippen molar-refractivity contribution in [1.82, 2.24) is 4.57 Å². The van der Waals surface area contributed by atoms with Crippen molar-refractivity contribution in [3.63, 3.8) is 0 Å². The predicted molar refractivity (Wildman–Crippen MR) is 211 cm³/mol. The Morgan fingerprint density at radius 3 is 1.80 bits per heavy atom. The molecule has 0 atom stereocenters. The normalized spacial score (nSPS) is 11.7. The minimum Gasteiger partial charge on any atom is -0.317 e. The maximum Gasteiger partial charge on any atom is 0.0535 e. The van der Waals surface area contributed by atoms with Crippen molar-refractivity contribution < 1.29 is 0 Å². The van der Waals surface area contributed by atoms with Gasteiger partial charge in [0, 0.05) is 54.5 Å². The molecule has 0 N–H and O–H groups in total. The van der Waals surface area contributed by atoms with E-state index < -0.39 is 0 Å². The second-order valence-corrected chi connectivity index (χ2v) is 13.7. The van der Waals surface area contributed by atoms with Crippen molar-refractivity contribution in [1.29, 1.82) is 0 Å². The highest BCUT2D eigenvalue weighted by molar-refractivity contribution is 7.25. The smallest absolute Gasteiger partial charge is 0.0535 e. The molecule has 0 aliphatic heterocycles. The molecule has 0 saturated heterocycles. The molecule has 2 nitrogen and oxygen atoms in total. The second-order valence-electron chi connectivity index (χ2n) is 12.6. The van der Waals surface area contributed by atoms with Crippen LogP contribution in [0, 0.1) is 0 Å². The summed E-state index contributed by atoms with van der Waals surface area (Å²) in [7, 11) is 0. The Bertz CT molecular complexity index is 2760. The number of para-hydroxylation sites is 3. The quantitative estimate of drug-likeness (QED) is 0.170.